The smallest absolute Gasteiger partial charge is 0.252 e. The van der Waals surface area contributed by atoms with E-state index < -0.39 is 0 Å². The van der Waals surface area contributed by atoms with Crippen LogP contribution in [0.3, 0.4) is 0 Å². The zero-order valence-electron chi connectivity index (χ0n) is 19.0. The minimum atomic E-state index is -0.268. The van der Waals surface area contributed by atoms with Crippen LogP contribution in [-0.4, -0.2) is 17.9 Å². The van der Waals surface area contributed by atoms with Crippen molar-refractivity contribution in [2.45, 2.75) is 25.5 Å². The molecule has 0 radical (unpaired) electrons. The van der Waals surface area contributed by atoms with Gasteiger partial charge in [0.2, 0.25) is 5.91 Å². The first-order valence-corrected chi connectivity index (χ1v) is 11.4. The van der Waals surface area contributed by atoms with E-state index in [-0.39, 0.29) is 17.9 Å². The van der Waals surface area contributed by atoms with E-state index in [1.54, 1.807) is 18.2 Å². The molecule has 1 saturated carbocycles. The summed E-state index contributed by atoms with van der Waals surface area (Å²) in [5.41, 5.74) is 11.0. The number of carbonyl (C=O) groups is 2. The van der Waals surface area contributed by atoms with Crippen LogP contribution in [0.4, 0.5) is 11.4 Å². The molecule has 0 saturated heterocycles. The monoisotopic (exact) mass is 467 g/mol. The number of amides is 2. The molecule has 3 aromatic rings. The van der Waals surface area contributed by atoms with Gasteiger partial charge < -0.3 is 21.3 Å². The number of fused-ring (bicyclic) bond motifs is 1. The van der Waals surface area contributed by atoms with E-state index in [0.717, 1.165) is 35.1 Å². The first-order chi connectivity index (χ1) is 17.0. The maximum absolute atomic E-state index is 13.0. The molecule has 3 aromatic carbocycles. The van der Waals surface area contributed by atoms with Crippen molar-refractivity contribution in [2.24, 2.45) is 0 Å². The van der Waals surface area contributed by atoms with Crippen LogP contribution in [0.2, 0.25) is 0 Å². The Morgan fingerprint density at radius 2 is 1.74 bits per heavy atom. The molecule has 0 spiro atoms. The fourth-order valence-electron chi connectivity index (χ4n) is 3.70. The van der Waals surface area contributed by atoms with Crippen LogP contribution >= 0.6 is 0 Å². The summed E-state index contributed by atoms with van der Waals surface area (Å²) >= 11 is 0. The van der Waals surface area contributed by atoms with E-state index in [0.29, 0.717) is 29.3 Å². The summed E-state index contributed by atoms with van der Waals surface area (Å²) in [5.74, 6) is 0.300. The Bertz CT molecular complexity index is 1320. The molecule has 0 bridgehead atoms. The van der Waals surface area contributed by atoms with Gasteiger partial charge in [-0.25, -0.2) is 0 Å². The van der Waals surface area contributed by atoms with E-state index in [1.807, 2.05) is 60.7 Å². The Morgan fingerprint density at radius 1 is 0.971 bits per heavy atom. The number of para-hydroxylation sites is 2. The number of nitrogen functional groups attached to an aromatic ring is 1. The molecule has 7 heteroatoms. The van der Waals surface area contributed by atoms with Gasteiger partial charge in [0.05, 0.1) is 11.4 Å². The molecule has 1 aliphatic heterocycles. The molecule has 1 fully saturated rings. The van der Waals surface area contributed by atoms with Crippen molar-refractivity contribution in [1.82, 2.24) is 5.32 Å². The van der Waals surface area contributed by atoms with Crippen LogP contribution < -0.4 is 21.3 Å². The fourth-order valence-corrected chi connectivity index (χ4v) is 3.70. The lowest BCUT2D eigenvalue weighted by molar-refractivity contribution is -0.194. The van der Waals surface area contributed by atoms with Gasteiger partial charge >= 0.3 is 0 Å². The molecule has 0 atom stereocenters. The summed E-state index contributed by atoms with van der Waals surface area (Å²) in [6.07, 6.45) is 7.07. The average molecular weight is 468 g/mol. The third-order valence-corrected chi connectivity index (χ3v) is 5.79. The number of benzene rings is 3. The van der Waals surface area contributed by atoms with Gasteiger partial charge in [0.1, 0.15) is 6.61 Å². The lowest BCUT2D eigenvalue weighted by Gasteiger charge is -2.10. The van der Waals surface area contributed by atoms with Crippen LogP contribution in [-0.2, 0) is 21.1 Å². The summed E-state index contributed by atoms with van der Waals surface area (Å²) in [5, 5.41) is 5.84. The predicted molar refractivity (Wildman–Crippen MR) is 136 cm³/mol. The minimum absolute atomic E-state index is 0.104. The van der Waals surface area contributed by atoms with Crippen molar-refractivity contribution >= 4 is 40.9 Å². The lowest BCUT2D eigenvalue weighted by atomic mass is 9.99. The molecule has 7 nitrogen and oxygen atoms in total. The van der Waals surface area contributed by atoms with Crippen molar-refractivity contribution in [1.29, 1.82) is 0 Å². The maximum Gasteiger partial charge on any atom is 0.252 e. The summed E-state index contributed by atoms with van der Waals surface area (Å²) in [6.45, 7) is 0.353. The molecular formula is C28H25N3O4. The molecule has 35 heavy (non-hydrogen) atoms. The Hall–Kier alpha value is -4.36. The quantitative estimate of drug-likeness (QED) is 0.205. The van der Waals surface area contributed by atoms with Gasteiger partial charge in [-0.15, -0.1) is 0 Å². The number of hydrogen-bond donors (Lipinski definition) is 3. The lowest BCUT2D eigenvalue weighted by Crippen LogP contribution is -2.26. The maximum atomic E-state index is 13.0. The van der Waals surface area contributed by atoms with E-state index >= 15 is 0 Å². The average Bonchev–Trinajstić information content (AvgIpc) is 3.55. The number of rotatable bonds is 7. The highest BCUT2D eigenvalue weighted by atomic mass is 17.2. The fraction of sp³-hybridized carbons (Fsp3) is 0.143. The summed E-state index contributed by atoms with van der Waals surface area (Å²) in [7, 11) is 0. The van der Waals surface area contributed by atoms with Gasteiger partial charge in [0.25, 0.3) is 5.91 Å². The van der Waals surface area contributed by atoms with Crippen LogP contribution in [0, 0.1) is 0 Å². The van der Waals surface area contributed by atoms with E-state index in [1.165, 1.54) is 6.08 Å². The first-order valence-electron chi connectivity index (χ1n) is 11.4. The van der Waals surface area contributed by atoms with Gasteiger partial charge in [0.15, 0.2) is 5.75 Å². The van der Waals surface area contributed by atoms with Gasteiger partial charge in [-0.05, 0) is 65.9 Å². The molecule has 1 heterocycles. The number of anilines is 2. The topological polar surface area (TPSA) is 103 Å². The van der Waals surface area contributed by atoms with E-state index in [2.05, 4.69) is 10.6 Å². The number of carbonyl (C=O) groups excluding carboxylic acids is 2. The largest absolute Gasteiger partial charge is 0.397 e. The molecule has 0 aromatic heterocycles. The van der Waals surface area contributed by atoms with Crippen molar-refractivity contribution in [3.05, 3.63) is 95.1 Å². The first kappa shape index (κ1) is 22.4. The van der Waals surface area contributed by atoms with E-state index in [9.17, 15) is 9.59 Å². The highest BCUT2D eigenvalue weighted by molar-refractivity contribution is 6.24. The second-order valence-corrected chi connectivity index (χ2v) is 8.55. The summed E-state index contributed by atoms with van der Waals surface area (Å²) in [4.78, 5) is 35.4. The Balaban J connectivity index is 1.32. The van der Waals surface area contributed by atoms with Crippen molar-refractivity contribution in [2.75, 3.05) is 11.1 Å². The van der Waals surface area contributed by atoms with Crippen LogP contribution in [0.25, 0.3) is 17.7 Å². The SMILES string of the molecule is Nc1ccccc1NC(=O)C=Cc1ccc(C=C(C(=O)NC2CC2)c2ccc3c(c2)COO3)cc1. The molecule has 2 aliphatic rings. The second-order valence-electron chi connectivity index (χ2n) is 8.55. The molecule has 2 amide bonds. The molecule has 0 unspecified atom stereocenters. The normalized spacial score (nSPS) is 14.9. The van der Waals surface area contributed by atoms with Gasteiger partial charge in [-0.2, -0.15) is 4.89 Å². The number of nitrogens with one attached hydrogen (secondary N) is 2. The van der Waals surface area contributed by atoms with Crippen molar-refractivity contribution in [3.8, 4) is 5.75 Å². The third-order valence-electron chi connectivity index (χ3n) is 5.79. The molecular weight excluding hydrogens is 442 g/mol. The standard InChI is InChI=1S/C28H25N3O4/c29-24-3-1-2-4-25(24)31-27(32)14-9-18-5-7-19(8-6-18)15-23(28(33)30-22-11-12-22)20-10-13-26-21(16-20)17-34-35-26/h1-10,13-16,22H,11-12,17,29H2,(H,30,33)(H,31,32). The molecule has 5 rings (SSSR count). The van der Waals surface area contributed by atoms with Gasteiger partial charge in [-0.3, -0.25) is 9.59 Å². The Kier molecular flexibility index (Phi) is 6.32. The zero-order valence-corrected chi connectivity index (χ0v) is 19.0. The number of hydrogen-bond acceptors (Lipinski definition) is 5. The van der Waals surface area contributed by atoms with Crippen LogP contribution in [0.15, 0.2) is 72.8 Å². The van der Waals surface area contributed by atoms with Gasteiger partial charge in [0, 0.05) is 23.3 Å². The molecule has 4 N–H and O–H groups in total. The molecule has 176 valence electrons. The Labute approximate surface area is 203 Å². The highest BCUT2D eigenvalue weighted by Crippen LogP contribution is 2.31. The molecule has 1 aliphatic carbocycles. The zero-order chi connectivity index (χ0) is 24.2. The summed E-state index contributed by atoms with van der Waals surface area (Å²) in [6, 6.07) is 20.6. The van der Waals surface area contributed by atoms with Crippen LogP contribution in [0.5, 0.6) is 5.75 Å². The van der Waals surface area contributed by atoms with Crippen LogP contribution in [0.1, 0.15) is 35.1 Å². The highest BCUT2D eigenvalue weighted by Gasteiger charge is 2.26. The van der Waals surface area contributed by atoms with Crippen molar-refractivity contribution < 1.29 is 19.4 Å². The summed E-state index contributed by atoms with van der Waals surface area (Å²) < 4.78 is 0. The Morgan fingerprint density at radius 3 is 2.51 bits per heavy atom. The minimum Gasteiger partial charge on any atom is -0.397 e. The van der Waals surface area contributed by atoms with E-state index in [4.69, 9.17) is 15.5 Å². The predicted octanol–water partition coefficient (Wildman–Crippen LogP) is 4.56. The van der Waals surface area contributed by atoms with Crippen molar-refractivity contribution in [3.63, 3.8) is 0 Å². The second kappa shape index (κ2) is 9.87. The number of nitrogens with two attached hydrogens (primary N) is 1. The van der Waals surface area contributed by atoms with Gasteiger partial charge in [-0.1, -0.05) is 42.5 Å². The third kappa shape index (κ3) is 5.59.